The van der Waals surface area contributed by atoms with E-state index in [2.05, 4.69) is 0 Å². The number of aliphatic hydroxyl groups is 1. The summed E-state index contributed by atoms with van der Waals surface area (Å²) in [4.78, 5) is 24.0. The normalized spacial score (nSPS) is 12.6. The molecule has 6 heteroatoms. The number of ether oxygens (including phenoxy) is 2. The van der Waals surface area contributed by atoms with Crippen LogP contribution in [0.15, 0.2) is 36.4 Å². The highest BCUT2D eigenvalue weighted by molar-refractivity contribution is 6.01. The minimum Gasteiger partial charge on any atom is -0.506 e. The average Bonchev–Trinajstić information content (AvgIpc) is 2.64. The number of hydrogen-bond acceptors (Lipinski definition) is 6. The van der Waals surface area contributed by atoms with Crippen molar-refractivity contribution in [3.05, 3.63) is 42.0 Å². The largest absolute Gasteiger partial charge is 0.506 e. The van der Waals surface area contributed by atoms with Gasteiger partial charge in [0.15, 0.2) is 0 Å². The standard InChI is InChI=1S/C20H24O6/c1-4-20(2,3)19(24)26-12-14(21)11-25-18(23)16-10-9-13-7-5-6-8-15(13)17(16)22/h5-10,14,21-22H,4,11-12H2,1-3H3. The van der Waals surface area contributed by atoms with E-state index in [1.165, 1.54) is 6.07 Å². The van der Waals surface area contributed by atoms with E-state index < -0.39 is 23.5 Å². The first-order chi connectivity index (χ1) is 12.3. The van der Waals surface area contributed by atoms with Crippen LogP contribution in [0.4, 0.5) is 0 Å². The van der Waals surface area contributed by atoms with Crippen LogP contribution in [0.3, 0.4) is 0 Å². The van der Waals surface area contributed by atoms with Crippen LogP contribution in [0.25, 0.3) is 10.8 Å². The topological polar surface area (TPSA) is 93.1 Å². The average molecular weight is 360 g/mol. The maximum absolute atomic E-state index is 12.2. The second-order valence-corrected chi connectivity index (χ2v) is 6.77. The van der Waals surface area contributed by atoms with Crippen molar-refractivity contribution in [2.75, 3.05) is 13.2 Å². The van der Waals surface area contributed by atoms with E-state index in [-0.39, 0.29) is 24.5 Å². The van der Waals surface area contributed by atoms with Crippen molar-refractivity contribution < 1.29 is 29.3 Å². The third kappa shape index (κ3) is 4.52. The van der Waals surface area contributed by atoms with E-state index in [4.69, 9.17) is 9.47 Å². The summed E-state index contributed by atoms with van der Waals surface area (Å²) in [5.41, 5.74) is -0.618. The third-order valence-electron chi connectivity index (χ3n) is 4.37. The molecule has 2 aromatic carbocycles. The minimum absolute atomic E-state index is 0.0139. The van der Waals surface area contributed by atoms with Gasteiger partial charge < -0.3 is 19.7 Å². The van der Waals surface area contributed by atoms with Crippen molar-refractivity contribution in [3.8, 4) is 5.75 Å². The summed E-state index contributed by atoms with van der Waals surface area (Å²) in [5.74, 6) is -1.34. The van der Waals surface area contributed by atoms with Crippen LogP contribution >= 0.6 is 0 Å². The molecule has 0 heterocycles. The van der Waals surface area contributed by atoms with E-state index in [1.807, 2.05) is 19.1 Å². The van der Waals surface area contributed by atoms with Crippen molar-refractivity contribution in [3.63, 3.8) is 0 Å². The number of carbonyl (C=O) groups is 2. The predicted molar refractivity (Wildman–Crippen MR) is 96.9 cm³/mol. The van der Waals surface area contributed by atoms with Crippen LogP contribution in [0.5, 0.6) is 5.75 Å². The van der Waals surface area contributed by atoms with Gasteiger partial charge in [-0.3, -0.25) is 4.79 Å². The first kappa shape index (κ1) is 19.7. The highest BCUT2D eigenvalue weighted by Gasteiger charge is 2.27. The molecule has 2 aromatic rings. The molecule has 26 heavy (non-hydrogen) atoms. The monoisotopic (exact) mass is 360 g/mol. The lowest BCUT2D eigenvalue weighted by atomic mass is 9.91. The maximum Gasteiger partial charge on any atom is 0.342 e. The van der Waals surface area contributed by atoms with Crippen LogP contribution < -0.4 is 0 Å². The third-order valence-corrected chi connectivity index (χ3v) is 4.37. The van der Waals surface area contributed by atoms with Crippen LogP contribution in [0, 0.1) is 5.41 Å². The van der Waals surface area contributed by atoms with E-state index in [1.54, 1.807) is 32.0 Å². The molecule has 0 saturated heterocycles. The first-order valence-electron chi connectivity index (χ1n) is 8.49. The van der Waals surface area contributed by atoms with E-state index >= 15 is 0 Å². The van der Waals surface area contributed by atoms with Gasteiger partial charge in [0.05, 0.1) is 5.41 Å². The van der Waals surface area contributed by atoms with Gasteiger partial charge in [-0.05, 0) is 31.7 Å². The highest BCUT2D eigenvalue weighted by atomic mass is 16.6. The first-order valence-corrected chi connectivity index (χ1v) is 8.49. The Labute approximate surface area is 152 Å². The number of aliphatic hydroxyl groups excluding tert-OH is 1. The molecular weight excluding hydrogens is 336 g/mol. The Balaban J connectivity index is 1.92. The van der Waals surface area contributed by atoms with Crippen LogP contribution in [-0.2, 0) is 14.3 Å². The Morgan fingerprint density at radius 2 is 1.73 bits per heavy atom. The zero-order chi connectivity index (χ0) is 19.3. The number of carbonyl (C=O) groups excluding carboxylic acids is 2. The van der Waals surface area contributed by atoms with Crippen LogP contribution in [0.2, 0.25) is 0 Å². The van der Waals surface area contributed by atoms with Gasteiger partial charge in [-0.1, -0.05) is 37.3 Å². The SMILES string of the molecule is CCC(C)(C)C(=O)OCC(O)COC(=O)c1ccc2ccccc2c1O. The molecule has 6 nitrogen and oxygen atoms in total. The summed E-state index contributed by atoms with van der Waals surface area (Å²) in [6, 6.07) is 10.3. The van der Waals surface area contributed by atoms with Gasteiger partial charge in [0.2, 0.25) is 0 Å². The van der Waals surface area contributed by atoms with Gasteiger partial charge in [-0.2, -0.15) is 0 Å². The molecule has 0 aliphatic rings. The second-order valence-electron chi connectivity index (χ2n) is 6.77. The van der Waals surface area contributed by atoms with Crippen LogP contribution in [0.1, 0.15) is 37.6 Å². The molecule has 2 rings (SSSR count). The Kier molecular flexibility index (Phi) is 6.21. The van der Waals surface area contributed by atoms with Gasteiger partial charge in [0.25, 0.3) is 0 Å². The molecule has 1 unspecified atom stereocenters. The Morgan fingerprint density at radius 1 is 1.08 bits per heavy atom. The summed E-state index contributed by atoms with van der Waals surface area (Å²) in [6.07, 6.45) is -0.531. The zero-order valence-corrected chi connectivity index (χ0v) is 15.2. The Morgan fingerprint density at radius 3 is 2.42 bits per heavy atom. The van der Waals surface area contributed by atoms with Crippen molar-refractivity contribution in [1.82, 2.24) is 0 Å². The van der Waals surface area contributed by atoms with Crippen LogP contribution in [-0.4, -0.2) is 41.5 Å². The fraction of sp³-hybridized carbons (Fsp3) is 0.400. The van der Waals surface area contributed by atoms with Gasteiger partial charge in [0, 0.05) is 5.39 Å². The molecular formula is C20H24O6. The quantitative estimate of drug-likeness (QED) is 0.737. The number of rotatable bonds is 7. The molecule has 0 aliphatic carbocycles. The molecule has 1 atom stereocenters. The number of benzene rings is 2. The molecule has 0 aliphatic heterocycles. The number of fused-ring (bicyclic) bond motifs is 1. The summed E-state index contributed by atoms with van der Waals surface area (Å²) in [7, 11) is 0. The van der Waals surface area contributed by atoms with E-state index in [0.29, 0.717) is 11.8 Å². The number of phenolic OH excluding ortho intramolecular Hbond substituents is 1. The van der Waals surface area contributed by atoms with E-state index in [9.17, 15) is 19.8 Å². The van der Waals surface area contributed by atoms with Crippen molar-refractivity contribution >= 4 is 22.7 Å². The summed E-state index contributed by atoms with van der Waals surface area (Å²) in [5, 5.41) is 21.4. The van der Waals surface area contributed by atoms with E-state index in [0.717, 1.165) is 5.39 Å². The summed E-state index contributed by atoms with van der Waals surface area (Å²) >= 11 is 0. The molecule has 0 aromatic heterocycles. The van der Waals surface area contributed by atoms with Gasteiger partial charge in [0.1, 0.15) is 30.6 Å². The number of hydrogen-bond donors (Lipinski definition) is 2. The lowest BCUT2D eigenvalue weighted by molar-refractivity contribution is -0.157. The van der Waals surface area contributed by atoms with Gasteiger partial charge in [-0.25, -0.2) is 4.79 Å². The molecule has 0 radical (unpaired) electrons. The van der Waals surface area contributed by atoms with Gasteiger partial charge in [-0.15, -0.1) is 0 Å². The van der Waals surface area contributed by atoms with Gasteiger partial charge >= 0.3 is 11.9 Å². The number of aromatic hydroxyl groups is 1. The summed E-state index contributed by atoms with van der Waals surface area (Å²) < 4.78 is 10.1. The molecule has 0 saturated carbocycles. The number of phenols is 1. The molecule has 0 amide bonds. The summed E-state index contributed by atoms with van der Waals surface area (Å²) in [6.45, 7) is 4.77. The minimum atomic E-state index is -1.14. The van der Waals surface area contributed by atoms with Crippen molar-refractivity contribution in [2.45, 2.75) is 33.3 Å². The highest BCUT2D eigenvalue weighted by Crippen LogP contribution is 2.29. The van der Waals surface area contributed by atoms with Crippen molar-refractivity contribution in [1.29, 1.82) is 0 Å². The lowest BCUT2D eigenvalue weighted by Gasteiger charge is -2.21. The fourth-order valence-corrected chi connectivity index (χ4v) is 2.23. The Hall–Kier alpha value is -2.60. The predicted octanol–water partition coefficient (Wildman–Crippen LogP) is 3.04. The lowest BCUT2D eigenvalue weighted by Crippen LogP contribution is -2.31. The fourth-order valence-electron chi connectivity index (χ4n) is 2.23. The maximum atomic E-state index is 12.2. The molecule has 0 spiro atoms. The molecule has 0 bridgehead atoms. The Bertz CT molecular complexity index is 796. The zero-order valence-electron chi connectivity index (χ0n) is 15.2. The molecule has 140 valence electrons. The smallest absolute Gasteiger partial charge is 0.342 e. The molecule has 2 N–H and O–H groups in total. The molecule has 0 fully saturated rings. The number of esters is 2. The van der Waals surface area contributed by atoms with Crippen molar-refractivity contribution in [2.24, 2.45) is 5.41 Å². The second kappa shape index (κ2) is 8.19.